The number of rotatable bonds is 4. The van der Waals surface area contributed by atoms with Crippen molar-refractivity contribution in [2.45, 2.75) is 50.4 Å². The molecule has 2 fully saturated rings. The molecule has 4 rings (SSSR count). The summed E-state index contributed by atoms with van der Waals surface area (Å²) in [5.41, 5.74) is 2.11. The van der Waals surface area contributed by atoms with Crippen molar-refractivity contribution in [2.75, 3.05) is 0 Å². The number of carbonyl (C=O) groups excluding carboxylic acids is 1. The van der Waals surface area contributed by atoms with Crippen LogP contribution in [-0.2, 0) is 6.54 Å². The van der Waals surface area contributed by atoms with E-state index in [1.54, 1.807) is 29.2 Å². The lowest BCUT2D eigenvalue weighted by Crippen LogP contribution is -3.17. The van der Waals surface area contributed by atoms with E-state index in [-0.39, 0.29) is 5.91 Å². The number of hydrogen-bond acceptors (Lipinski definition) is 1. The number of amides is 1. The highest BCUT2D eigenvalue weighted by Crippen LogP contribution is 2.24. The average molecular weight is 356 g/mol. The van der Waals surface area contributed by atoms with Crippen molar-refractivity contribution >= 4 is 17.5 Å². The summed E-state index contributed by atoms with van der Waals surface area (Å²) in [5, 5.41) is 3.90. The minimum Gasteiger partial charge on any atom is -0.349 e. The van der Waals surface area contributed by atoms with Crippen LogP contribution in [0.3, 0.4) is 0 Å². The van der Waals surface area contributed by atoms with Gasteiger partial charge in [0.25, 0.3) is 5.91 Å². The molecule has 2 aromatic carbocycles. The Balaban J connectivity index is 1.38. The van der Waals surface area contributed by atoms with Crippen LogP contribution in [0.4, 0.5) is 0 Å². The molecule has 130 valence electrons. The van der Waals surface area contributed by atoms with E-state index >= 15 is 0 Å². The predicted molar refractivity (Wildman–Crippen MR) is 99.9 cm³/mol. The maximum atomic E-state index is 12.5. The van der Waals surface area contributed by atoms with Gasteiger partial charge in [-0.15, -0.1) is 0 Å². The van der Waals surface area contributed by atoms with Crippen LogP contribution in [0.1, 0.15) is 41.6 Å². The van der Waals surface area contributed by atoms with Crippen molar-refractivity contribution in [2.24, 2.45) is 0 Å². The standard InChI is InChI=1S/C21H23ClN2O/c22-17-8-6-16(7-9-17)21(25)23-18-12-19-10-11-20(13-18)24(19)14-15-4-2-1-3-5-15/h1-9,18-20H,10-14H2,(H,23,25)/p+1/t18?,19-,20+. The molecule has 2 aromatic rings. The number of piperidine rings is 1. The van der Waals surface area contributed by atoms with Crippen LogP contribution >= 0.6 is 11.6 Å². The van der Waals surface area contributed by atoms with Gasteiger partial charge in [0.05, 0.1) is 12.1 Å². The molecule has 4 heteroatoms. The van der Waals surface area contributed by atoms with Crippen molar-refractivity contribution in [3.05, 3.63) is 70.7 Å². The molecule has 2 bridgehead atoms. The molecule has 3 nitrogen and oxygen atoms in total. The van der Waals surface area contributed by atoms with Crippen molar-refractivity contribution in [1.82, 2.24) is 5.32 Å². The fourth-order valence-corrected chi connectivity index (χ4v) is 4.66. The van der Waals surface area contributed by atoms with Crippen molar-refractivity contribution < 1.29 is 9.69 Å². The number of carbonyl (C=O) groups is 1. The SMILES string of the molecule is O=C(NC1C[C@H]2CC[C@@H](C1)[NH+]2Cc1ccccc1)c1ccc(Cl)cc1. The monoisotopic (exact) mass is 355 g/mol. The molecule has 4 atom stereocenters. The second-order valence-corrected chi connectivity index (χ2v) is 7.79. The summed E-state index contributed by atoms with van der Waals surface area (Å²) in [5.74, 6) is 0.0209. The molecule has 2 unspecified atom stereocenters. The lowest BCUT2D eigenvalue weighted by Gasteiger charge is -2.36. The minimum absolute atomic E-state index is 0.0209. The highest BCUT2D eigenvalue weighted by atomic mass is 35.5. The highest BCUT2D eigenvalue weighted by molar-refractivity contribution is 6.30. The third-order valence-corrected chi connectivity index (χ3v) is 6.00. The maximum Gasteiger partial charge on any atom is 0.251 e. The molecule has 1 amide bonds. The van der Waals surface area contributed by atoms with Crippen LogP contribution < -0.4 is 10.2 Å². The fourth-order valence-electron chi connectivity index (χ4n) is 4.54. The van der Waals surface area contributed by atoms with Crippen molar-refractivity contribution in [3.8, 4) is 0 Å². The maximum absolute atomic E-state index is 12.5. The lowest BCUT2D eigenvalue weighted by molar-refractivity contribution is -0.954. The van der Waals surface area contributed by atoms with E-state index in [0.717, 1.165) is 19.4 Å². The number of quaternary nitrogens is 1. The number of fused-ring (bicyclic) bond motifs is 2. The Bertz CT molecular complexity index is 717. The zero-order valence-electron chi connectivity index (χ0n) is 14.2. The van der Waals surface area contributed by atoms with Crippen molar-refractivity contribution in [1.29, 1.82) is 0 Å². The summed E-state index contributed by atoms with van der Waals surface area (Å²) in [7, 11) is 0. The van der Waals surface area contributed by atoms with Gasteiger partial charge in [-0.05, 0) is 24.3 Å². The molecule has 2 N–H and O–H groups in total. The van der Waals surface area contributed by atoms with E-state index < -0.39 is 0 Å². The van der Waals surface area contributed by atoms with Crippen LogP contribution in [0.25, 0.3) is 0 Å². The number of benzene rings is 2. The molecule has 0 aliphatic carbocycles. The Morgan fingerprint density at radius 2 is 1.64 bits per heavy atom. The molecule has 25 heavy (non-hydrogen) atoms. The van der Waals surface area contributed by atoms with Gasteiger partial charge in [-0.2, -0.15) is 0 Å². The van der Waals surface area contributed by atoms with Crippen LogP contribution in [0.2, 0.25) is 5.02 Å². The fraction of sp³-hybridized carbons (Fsp3) is 0.381. The van der Waals surface area contributed by atoms with Gasteiger partial charge in [0.15, 0.2) is 0 Å². The van der Waals surface area contributed by atoms with E-state index in [1.165, 1.54) is 18.4 Å². The Kier molecular flexibility index (Phi) is 4.78. The summed E-state index contributed by atoms with van der Waals surface area (Å²) in [6.45, 7) is 1.11. The van der Waals surface area contributed by atoms with E-state index in [0.29, 0.717) is 28.7 Å². The second-order valence-electron chi connectivity index (χ2n) is 7.36. The van der Waals surface area contributed by atoms with Gasteiger partial charge in [-0.25, -0.2) is 0 Å². The van der Waals surface area contributed by atoms with Gasteiger partial charge in [0.2, 0.25) is 0 Å². The molecule has 0 radical (unpaired) electrons. The van der Waals surface area contributed by atoms with Gasteiger partial charge in [0, 0.05) is 47.9 Å². The minimum atomic E-state index is 0.0209. The van der Waals surface area contributed by atoms with Gasteiger partial charge in [-0.1, -0.05) is 41.9 Å². The van der Waals surface area contributed by atoms with E-state index in [1.807, 2.05) is 0 Å². The summed E-state index contributed by atoms with van der Waals surface area (Å²) in [6, 6.07) is 19.5. The first-order valence-corrected chi connectivity index (χ1v) is 9.53. The summed E-state index contributed by atoms with van der Waals surface area (Å²) in [4.78, 5) is 14.2. The first-order valence-electron chi connectivity index (χ1n) is 9.15. The summed E-state index contributed by atoms with van der Waals surface area (Å²) in [6.07, 6.45) is 4.72. The molecule has 2 aliphatic rings. The average Bonchev–Trinajstić information content (AvgIpc) is 2.86. The molecule has 0 aromatic heterocycles. The zero-order valence-corrected chi connectivity index (χ0v) is 15.0. The van der Waals surface area contributed by atoms with Gasteiger partial charge in [-0.3, -0.25) is 4.79 Å². The summed E-state index contributed by atoms with van der Waals surface area (Å²) >= 11 is 5.90. The highest BCUT2D eigenvalue weighted by Gasteiger charge is 2.44. The largest absolute Gasteiger partial charge is 0.349 e. The van der Waals surface area contributed by atoms with Gasteiger partial charge < -0.3 is 10.2 Å². The van der Waals surface area contributed by atoms with E-state index in [9.17, 15) is 4.79 Å². The van der Waals surface area contributed by atoms with E-state index in [4.69, 9.17) is 11.6 Å². The van der Waals surface area contributed by atoms with Crippen LogP contribution in [0.5, 0.6) is 0 Å². The Labute approximate surface area is 154 Å². The van der Waals surface area contributed by atoms with E-state index in [2.05, 4.69) is 35.6 Å². The predicted octanol–water partition coefficient (Wildman–Crippen LogP) is 2.85. The Hall–Kier alpha value is -1.84. The summed E-state index contributed by atoms with van der Waals surface area (Å²) < 4.78 is 0. The second kappa shape index (κ2) is 7.19. The first-order chi connectivity index (χ1) is 12.2. The lowest BCUT2D eigenvalue weighted by atomic mass is 9.96. The number of nitrogens with one attached hydrogen (secondary N) is 2. The third kappa shape index (κ3) is 3.73. The van der Waals surface area contributed by atoms with Crippen LogP contribution in [0.15, 0.2) is 54.6 Å². The molecule has 0 spiro atoms. The molecule has 2 aliphatic heterocycles. The molecular formula is C21H24ClN2O+. The number of halogens is 1. The van der Waals surface area contributed by atoms with Crippen molar-refractivity contribution in [3.63, 3.8) is 0 Å². The zero-order chi connectivity index (χ0) is 17.2. The normalized spacial score (nSPS) is 27.9. The Morgan fingerprint density at radius 3 is 2.28 bits per heavy atom. The van der Waals surface area contributed by atoms with Crippen LogP contribution in [-0.4, -0.2) is 24.0 Å². The Morgan fingerprint density at radius 1 is 1.00 bits per heavy atom. The molecule has 2 saturated heterocycles. The molecule has 2 heterocycles. The topological polar surface area (TPSA) is 33.5 Å². The van der Waals surface area contributed by atoms with Gasteiger partial charge in [0.1, 0.15) is 6.54 Å². The first kappa shape index (κ1) is 16.6. The molecular weight excluding hydrogens is 332 g/mol. The number of hydrogen-bond donors (Lipinski definition) is 2. The smallest absolute Gasteiger partial charge is 0.251 e. The third-order valence-electron chi connectivity index (χ3n) is 5.74. The quantitative estimate of drug-likeness (QED) is 0.868. The van der Waals surface area contributed by atoms with Crippen LogP contribution in [0, 0.1) is 0 Å². The molecule has 0 saturated carbocycles. The van der Waals surface area contributed by atoms with Gasteiger partial charge >= 0.3 is 0 Å².